The Morgan fingerprint density at radius 3 is 2.71 bits per heavy atom. The van der Waals surface area contributed by atoms with E-state index in [0.717, 1.165) is 4.47 Å². The van der Waals surface area contributed by atoms with Gasteiger partial charge >= 0.3 is 0 Å². The average Bonchev–Trinajstić information content (AvgIpc) is 2.56. The van der Waals surface area contributed by atoms with Gasteiger partial charge in [-0.25, -0.2) is 0 Å². The zero-order valence-electron chi connectivity index (χ0n) is 6.67. The topological polar surface area (TPSA) is 38.9 Å². The van der Waals surface area contributed by atoms with Crippen molar-refractivity contribution in [3.63, 3.8) is 0 Å². The van der Waals surface area contributed by atoms with Crippen molar-refractivity contribution in [3.05, 3.63) is 33.0 Å². The van der Waals surface area contributed by atoms with Gasteiger partial charge in [0.25, 0.3) is 11.2 Å². The van der Waals surface area contributed by atoms with Crippen LogP contribution in [0.25, 0.3) is 11.5 Å². The number of benzene rings is 1. The second-order valence-electron chi connectivity index (χ2n) is 2.49. The lowest BCUT2D eigenvalue weighted by atomic mass is 10.2. The molecule has 72 valence electrons. The number of rotatable bonds is 1. The summed E-state index contributed by atoms with van der Waals surface area (Å²) in [4.78, 5) is 3.87. The monoisotopic (exact) mass is 292 g/mol. The van der Waals surface area contributed by atoms with Gasteiger partial charge in [0.05, 0.1) is 10.6 Å². The van der Waals surface area contributed by atoms with E-state index in [1.54, 1.807) is 12.1 Å². The van der Waals surface area contributed by atoms with Crippen LogP contribution in [0.5, 0.6) is 0 Å². The molecule has 0 atom stereocenters. The Morgan fingerprint density at radius 2 is 2.07 bits per heavy atom. The number of hydrogen-bond acceptors (Lipinski definition) is 3. The van der Waals surface area contributed by atoms with Crippen LogP contribution in [0.3, 0.4) is 0 Å². The summed E-state index contributed by atoms with van der Waals surface area (Å²) in [6.07, 6.45) is 0. The van der Waals surface area contributed by atoms with Gasteiger partial charge in [-0.1, -0.05) is 27.5 Å². The van der Waals surface area contributed by atoms with Gasteiger partial charge in [0.1, 0.15) is 0 Å². The van der Waals surface area contributed by atoms with Crippen molar-refractivity contribution in [3.8, 4) is 11.5 Å². The van der Waals surface area contributed by atoms with Crippen LogP contribution in [0.2, 0.25) is 10.3 Å². The molecule has 2 rings (SSSR count). The molecule has 0 amide bonds. The molecule has 0 unspecified atom stereocenters. The fourth-order valence-electron chi connectivity index (χ4n) is 0.976. The average molecular weight is 294 g/mol. The highest BCUT2D eigenvalue weighted by atomic mass is 79.9. The van der Waals surface area contributed by atoms with Gasteiger partial charge in [0.15, 0.2) is 0 Å². The van der Waals surface area contributed by atoms with E-state index in [9.17, 15) is 0 Å². The fraction of sp³-hybridized carbons (Fsp3) is 0. The molecular formula is C8H3BrCl2N2O. The minimum Gasteiger partial charge on any atom is -0.333 e. The Hall–Kier alpha value is -0.580. The number of aromatic nitrogens is 2. The van der Waals surface area contributed by atoms with Crippen LogP contribution < -0.4 is 0 Å². The highest BCUT2D eigenvalue weighted by molar-refractivity contribution is 9.10. The van der Waals surface area contributed by atoms with Crippen LogP contribution in [0.4, 0.5) is 0 Å². The Balaban J connectivity index is 2.55. The number of nitrogens with zero attached hydrogens (tertiary/aromatic N) is 2. The molecule has 6 heteroatoms. The van der Waals surface area contributed by atoms with Crippen molar-refractivity contribution in [1.82, 2.24) is 10.1 Å². The summed E-state index contributed by atoms with van der Waals surface area (Å²) in [5, 5.41) is 4.07. The molecule has 2 aromatic rings. The molecule has 0 bridgehead atoms. The number of hydrogen-bond donors (Lipinski definition) is 0. The standard InChI is InChI=1S/C8H3BrCl2N2O/c9-4-1-2-6(10)5(3-4)7-12-8(11)13-14-7/h1-3H. The minimum atomic E-state index is 0.0658. The van der Waals surface area contributed by atoms with Gasteiger partial charge in [0.2, 0.25) is 0 Å². The van der Waals surface area contributed by atoms with Crippen LogP contribution in [0.1, 0.15) is 0 Å². The molecule has 14 heavy (non-hydrogen) atoms. The van der Waals surface area contributed by atoms with Gasteiger partial charge in [-0.05, 0) is 35.0 Å². The summed E-state index contributed by atoms with van der Waals surface area (Å²) in [6.45, 7) is 0. The molecule has 1 aromatic heterocycles. The van der Waals surface area contributed by atoms with Crippen molar-refractivity contribution in [2.24, 2.45) is 0 Å². The second kappa shape index (κ2) is 3.88. The highest BCUT2D eigenvalue weighted by Gasteiger charge is 2.11. The largest absolute Gasteiger partial charge is 0.333 e. The van der Waals surface area contributed by atoms with E-state index in [4.69, 9.17) is 27.7 Å². The molecule has 0 aliphatic carbocycles. The third kappa shape index (κ3) is 1.92. The normalized spacial score (nSPS) is 10.5. The predicted octanol–water partition coefficient (Wildman–Crippen LogP) is 3.81. The molecular weight excluding hydrogens is 291 g/mol. The zero-order chi connectivity index (χ0) is 10.1. The molecule has 0 aliphatic heterocycles. The maximum atomic E-state index is 5.95. The summed E-state index contributed by atoms with van der Waals surface area (Å²) in [5.41, 5.74) is 0.653. The van der Waals surface area contributed by atoms with Crippen LogP contribution >= 0.6 is 39.1 Å². The molecule has 0 saturated carbocycles. The zero-order valence-corrected chi connectivity index (χ0v) is 9.77. The summed E-state index contributed by atoms with van der Waals surface area (Å²) in [5.74, 6) is 0.307. The molecule has 0 radical (unpaired) electrons. The first kappa shape index (κ1) is 9.96. The van der Waals surface area contributed by atoms with E-state index in [1.807, 2.05) is 6.07 Å². The third-order valence-electron chi connectivity index (χ3n) is 1.56. The summed E-state index contributed by atoms with van der Waals surface area (Å²) < 4.78 is 5.77. The Morgan fingerprint density at radius 1 is 1.29 bits per heavy atom. The van der Waals surface area contributed by atoms with Crippen molar-refractivity contribution in [2.45, 2.75) is 0 Å². The molecule has 0 aliphatic rings. The summed E-state index contributed by atoms with van der Waals surface area (Å²) >= 11 is 14.8. The molecule has 0 fully saturated rings. The first-order valence-corrected chi connectivity index (χ1v) is 5.16. The Kier molecular flexibility index (Phi) is 2.76. The van der Waals surface area contributed by atoms with E-state index >= 15 is 0 Å². The van der Waals surface area contributed by atoms with Crippen LogP contribution in [0.15, 0.2) is 27.2 Å². The van der Waals surface area contributed by atoms with Gasteiger partial charge in [-0.2, -0.15) is 4.98 Å². The van der Waals surface area contributed by atoms with E-state index in [0.29, 0.717) is 16.5 Å². The molecule has 3 nitrogen and oxygen atoms in total. The van der Waals surface area contributed by atoms with Crippen molar-refractivity contribution in [1.29, 1.82) is 0 Å². The van der Waals surface area contributed by atoms with Gasteiger partial charge in [-0.15, -0.1) is 0 Å². The first-order chi connectivity index (χ1) is 6.66. The van der Waals surface area contributed by atoms with Gasteiger partial charge in [-0.3, -0.25) is 0 Å². The van der Waals surface area contributed by atoms with Crippen molar-refractivity contribution in [2.75, 3.05) is 0 Å². The summed E-state index contributed by atoms with van der Waals surface area (Å²) in [7, 11) is 0. The Bertz CT molecular complexity index is 472. The molecule has 0 N–H and O–H groups in total. The van der Waals surface area contributed by atoms with Crippen LogP contribution in [-0.2, 0) is 0 Å². The van der Waals surface area contributed by atoms with Crippen molar-refractivity contribution >= 4 is 39.1 Å². The molecule has 1 aromatic carbocycles. The second-order valence-corrected chi connectivity index (χ2v) is 4.15. The molecule has 1 heterocycles. The van der Waals surface area contributed by atoms with Gasteiger partial charge in [0, 0.05) is 4.47 Å². The lowest BCUT2D eigenvalue weighted by Crippen LogP contribution is -1.79. The maximum Gasteiger partial charge on any atom is 0.264 e. The summed E-state index contributed by atoms with van der Waals surface area (Å²) in [6, 6.07) is 5.34. The smallest absolute Gasteiger partial charge is 0.264 e. The quantitative estimate of drug-likeness (QED) is 0.802. The lowest BCUT2D eigenvalue weighted by Gasteiger charge is -1.98. The highest BCUT2D eigenvalue weighted by Crippen LogP contribution is 2.29. The van der Waals surface area contributed by atoms with Crippen LogP contribution in [0, 0.1) is 0 Å². The van der Waals surface area contributed by atoms with E-state index in [-0.39, 0.29) is 5.28 Å². The van der Waals surface area contributed by atoms with E-state index in [2.05, 4.69) is 26.1 Å². The fourth-order valence-corrected chi connectivity index (χ4v) is 1.65. The SMILES string of the molecule is Clc1noc(-c2cc(Br)ccc2Cl)n1. The minimum absolute atomic E-state index is 0.0658. The molecule has 0 saturated heterocycles. The lowest BCUT2D eigenvalue weighted by molar-refractivity contribution is 0.430. The van der Waals surface area contributed by atoms with Crippen molar-refractivity contribution < 1.29 is 4.52 Å². The van der Waals surface area contributed by atoms with Crippen LogP contribution in [-0.4, -0.2) is 10.1 Å². The van der Waals surface area contributed by atoms with Gasteiger partial charge < -0.3 is 4.52 Å². The van der Waals surface area contributed by atoms with E-state index in [1.165, 1.54) is 0 Å². The predicted molar refractivity (Wildman–Crippen MR) is 57.5 cm³/mol. The molecule has 0 spiro atoms. The number of halogens is 3. The Labute approximate surface area is 98.1 Å². The maximum absolute atomic E-state index is 5.95. The van der Waals surface area contributed by atoms with E-state index < -0.39 is 0 Å². The first-order valence-electron chi connectivity index (χ1n) is 3.61. The third-order valence-corrected chi connectivity index (χ3v) is 2.54.